The Morgan fingerprint density at radius 1 is 1.06 bits per heavy atom. The molecular weight excluding hydrogens is 423 g/mol. The number of benzene rings is 2. The van der Waals surface area contributed by atoms with Crippen LogP contribution in [0.4, 0.5) is 18.9 Å². The highest BCUT2D eigenvalue weighted by Crippen LogP contribution is 2.39. The molecule has 2 aromatic carbocycles. The van der Waals surface area contributed by atoms with Gasteiger partial charge in [0.1, 0.15) is 0 Å². The predicted molar refractivity (Wildman–Crippen MR) is 117 cm³/mol. The maximum atomic E-state index is 13.6. The lowest BCUT2D eigenvalue weighted by atomic mass is 9.88. The summed E-state index contributed by atoms with van der Waals surface area (Å²) in [6, 6.07) is 8.45. The zero-order valence-electron chi connectivity index (χ0n) is 17.3. The molecule has 0 saturated heterocycles. The third-order valence-electron chi connectivity index (χ3n) is 6.08. The number of thiophene rings is 1. The van der Waals surface area contributed by atoms with Gasteiger partial charge in [0.05, 0.1) is 10.5 Å². The number of hydrogen-bond acceptors (Lipinski definition) is 3. The van der Waals surface area contributed by atoms with E-state index in [1.807, 2.05) is 12.3 Å². The van der Waals surface area contributed by atoms with Crippen LogP contribution < -0.4 is 0 Å². The van der Waals surface area contributed by atoms with Crippen molar-refractivity contribution in [2.45, 2.75) is 52.1 Å². The van der Waals surface area contributed by atoms with Crippen molar-refractivity contribution in [2.75, 3.05) is 0 Å². The van der Waals surface area contributed by atoms with Crippen molar-refractivity contribution >= 4 is 17.0 Å². The summed E-state index contributed by atoms with van der Waals surface area (Å²) in [4.78, 5) is 11.2. The molecule has 1 aliphatic rings. The average molecular weight is 446 g/mol. The number of hydrogen-bond donors (Lipinski definition) is 0. The van der Waals surface area contributed by atoms with Gasteiger partial charge in [-0.05, 0) is 84.4 Å². The molecule has 0 radical (unpaired) electrons. The van der Waals surface area contributed by atoms with Crippen LogP contribution >= 0.6 is 11.3 Å². The topological polar surface area (TPSA) is 43.1 Å². The van der Waals surface area contributed by atoms with Crippen LogP contribution in [-0.4, -0.2) is 4.92 Å². The summed E-state index contributed by atoms with van der Waals surface area (Å²) >= 11 is 1.44. The zero-order valence-corrected chi connectivity index (χ0v) is 18.1. The van der Waals surface area contributed by atoms with Gasteiger partial charge in [-0.3, -0.25) is 10.1 Å². The fourth-order valence-electron chi connectivity index (χ4n) is 4.35. The van der Waals surface area contributed by atoms with Gasteiger partial charge in [-0.2, -0.15) is 13.2 Å². The standard InChI is InChI=1S/C24H22F3NO2S/c1-14-9-19(21(24(25,26)27)12-22(14)28(29)30)11-23-15(2)20(13-31-23)18-8-7-16-5-3-4-6-17(16)10-18/h7-10,12-13H,3-6,11H2,1-2H3. The van der Waals surface area contributed by atoms with Crippen LogP contribution in [0.5, 0.6) is 0 Å². The van der Waals surface area contributed by atoms with Gasteiger partial charge in [0.25, 0.3) is 5.69 Å². The lowest BCUT2D eigenvalue weighted by Gasteiger charge is -2.17. The minimum absolute atomic E-state index is 0.0672. The summed E-state index contributed by atoms with van der Waals surface area (Å²) in [6.45, 7) is 3.41. The van der Waals surface area contributed by atoms with Crippen molar-refractivity contribution in [3.05, 3.63) is 84.1 Å². The lowest BCUT2D eigenvalue weighted by molar-refractivity contribution is -0.385. The van der Waals surface area contributed by atoms with E-state index in [1.54, 1.807) is 0 Å². The molecule has 31 heavy (non-hydrogen) atoms. The average Bonchev–Trinajstić information content (AvgIpc) is 3.06. The van der Waals surface area contributed by atoms with Crippen molar-refractivity contribution in [1.82, 2.24) is 0 Å². The van der Waals surface area contributed by atoms with Crippen LogP contribution in [0.1, 0.15) is 51.1 Å². The Labute approximate surface area is 182 Å². The number of aryl methyl sites for hydroxylation is 3. The molecule has 0 spiro atoms. The van der Waals surface area contributed by atoms with E-state index in [2.05, 4.69) is 18.2 Å². The molecule has 0 atom stereocenters. The van der Waals surface area contributed by atoms with E-state index in [0.29, 0.717) is 6.07 Å². The van der Waals surface area contributed by atoms with Crippen molar-refractivity contribution in [3.63, 3.8) is 0 Å². The second-order valence-electron chi connectivity index (χ2n) is 8.12. The first-order chi connectivity index (χ1) is 14.6. The van der Waals surface area contributed by atoms with Gasteiger partial charge in [0.2, 0.25) is 0 Å². The Bertz CT molecular complexity index is 1160. The van der Waals surface area contributed by atoms with Gasteiger partial charge in [-0.1, -0.05) is 18.2 Å². The fourth-order valence-corrected chi connectivity index (χ4v) is 5.45. The van der Waals surface area contributed by atoms with Gasteiger partial charge >= 0.3 is 6.18 Å². The minimum Gasteiger partial charge on any atom is -0.258 e. The Hall–Kier alpha value is -2.67. The number of alkyl halides is 3. The minimum atomic E-state index is -4.65. The first kappa shape index (κ1) is 21.6. The predicted octanol–water partition coefficient (Wildman–Crippen LogP) is 7.43. The Morgan fingerprint density at radius 2 is 1.77 bits per heavy atom. The smallest absolute Gasteiger partial charge is 0.258 e. The van der Waals surface area contributed by atoms with Gasteiger partial charge in [0.15, 0.2) is 0 Å². The SMILES string of the molecule is Cc1cc(Cc2scc(-c3ccc4c(c3)CCCC4)c2C)c(C(F)(F)F)cc1[N+](=O)[O-]. The molecule has 1 heterocycles. The van der Waals surface area contributed by atoms with E-state index >= 15 is 0 Å². The first-order valence-corrected chi connectivity index (χ1v) is 11.1. The molecule has 4 rings (SSSR count). The summed E-state index contributed by atoms with van der Waals surface area (Å²) < 4.78 is 40.9. The highest BCUT2D eigenvalue weighted by atomic mass is 32.1. The molecule has 0 unspecified atom stereocenters. The highest BCUT2D eigenvalue weighted by Gasteiger charge is 2.36. The zero-order chi connectivity index (χ0) is 22.3. The van der Waals surface area contributed by atoms with Crippen molar-refractivity contribution in [1.29, 1.82) is 0 Å². The van der Waals surface area contributed by atoms with Gasteiger partial charge < -0.3 is 0 Å². The fraction of sp³-hybridized carbons (Fsp3) is 0.333. The monoisotopic (exact) mass is 445 g/mol. The van der Waals surface area contributed by atoms with E-state index in [-0.39, 0.29) is 17.5 Å². The molecule has 0 saturated carbocycles. The van der Waals surface area contributed by atoms with E-state index < -0.39 is 22.4 Å². The number of nitro groups is 1. The second kappa shape index (κ2) is 8.11. The largest absolute Gasteiger partial charge is 0.416 e. The van der Waals surface area contributed by atoms with E-state index in [1.165, 1.54) is 48.3 Å². The normalized spacial score (nSPS) is 13.8. The summed E-state index contributed by atoms with van der Waals surface area (Å²) in [7, 11) is 0. The first-order valence-electron chi connectivity index (χ1n) is 10.2. The van der Waals surface area contributed by atoms with Crippen molar-refractivity contribution in [3.8, 4) is 11.1 Å². The van der Waals surface area contributed by atoms with Crippen LogP contribution in [0.15, 0.2) is 35.7 Å². The van der Waals surface area contributed by atoms with Crippen molar-refractivity contribution in [2.24, 2.45) is 0 Å². The third-order valence-corrected chi connectivity index (χ3v) is 7.16. The molecule has 3 aromatic rings. The van der Waals surface area contributed by atoms with Gasteiger partial charge in [-0.25, -0.2) is 0 Å². The third kappa shape index (κ3) is 4.24. The van der Waals surface area contributed by atoms with Crippen molar-refractivity contribution < 1.29 is 18.1 Å². The van der Waals surface area contributed by atoms with E-state index in [0.717, 1.165) is 34.4 Å². The second-order valence-corrected chi connectivity index (χ2v) is 9.08. The molecule has 7 heteroatoms. The van der Waals surface area contributed by atoms with Crippen LogP contribution in [0.2, 0.25) is 0 Å². The van der Waals surface area contributed by atoms with Crippen LogP contribution in [0.25, 0.3) is 11.1 Å². The molecular formula is C24H22F3NO2S. The summed E-state index contributed by atoms with van der Waals surface area (Å²) in [5, 5.41) is 13.1. The van der Waals surface area contributed by atoms with Crippen LogP contribution in [-0.2, 0) is 25.4 Å². The van der Waals surface area contributed by atoms with E-state index in [4.69, 9.17) is 0 Å². The Morgan fingerprint density at radius 3 is 2.45 bits per heavy atom. The molecule has 0 amide bonds. The molecule has 1 aliphatic carbocycles. The maximum Gasteiger partial charge on any atom is 0.416 e. The van der Waals surface area contributed by atoms with Crippen LogP contribution in [0, 0.1) is 24.0 Å². The molecule has 0 N–H and O–H groups in total. The summed E-state index contributed by atoms with van der Waals surface area (Å²) in [5.74, 6) is 0. The number of halogens is 3. The number of fused-ring (bicyclic) bond motifs is 1. The van der Waals surface area contributed by atoms with Gasteiger partial charge in [0, 0.05) is 22.9 Å². The Kier molecular flexibility index (Phi) is 5.64. The summed E-state index contributed by atoms with van der Waals surface area (Å²) in [5.41, 5.74) is 4.71. The number of nitro benzene ring substituents is 1. The highest BCUT2D eigenvalue weighted by molar-refractivity contribution is 7.10. The molecule has 1 aromatic heterocycles. The van der Waals surface area contributed by atoms with Gasteiger partial charge in [-0.15, -0.1) is 11.3 Å². The quantitative estimate of drug-likeness (QED) is 0.310. The molecule has 0 aliphatic heterocycles. The lowest BCUT2D eigenvalue weighted by Crippen LogP contribution is -2.11. The Balaban J connectivity index is 1.71. The number of nitrogens with zero attached hydrogens (tertiary/aromatic N) is 1. The molecule has 0 fully saturated rings. The molecule has 0 bridgehead atoms. The number of rotatable bonds is 4. The van der Waals surface area contributed by atoms with Crippen LogP contribution in [0.3, 0.4) is 0 Å². The molecule has 3 nitrogen and oxygen atoms in total. The maximum absolute atomic E-state index is 13.6. The van der Waals surface area contributed by atoms with E-state index in [9.17, 15) is 23.3 Å². The summed E-state index contributed by atoms with van der Waals surface area (Å²) in [6.07, 6.45) is 0.00300. The molecule has 162 valence electrons.